The molecule has 0 radical (unpaired) electrons. The van der Waals surface area contributed by atoms with Crippen molar-refractivity contribution in [1.82, 2.24) is 31.0 Å². The second-order valence-corrected chi connectivity index (χ2v) is 10.5. The minimum atomic E-state index is -0.498. The van der Waals surface area contributed by atoms with E-state index in [9.17, 15) is 9.59 Å². The Morgan fingerprint density at radius 1 is 1.17 bits per heavy atom. The molecule has 6 rings (SSSR count). The lowest BCUT2D eigenvalue weighted by molar-refractivity contribution is -0.141. The molecule has 4 saturated heterocycles. The van der Waals surface area contributed by atoms with Gasteiger partial charge in [0.2, 0.25) is 5.91 Å². The minimum Gasteiger partial charge on any atom is -0.464 e. The van der Waals surface area contributed by atoms with Crippen molar-refractivity contribution in [2.24, 2.45) is 0 Å². The molecule has 11 heteroatoms. The highest BCUT2D eigenvalue weighted by atomic mass is 16.5. The summed E-state index contributed by atoms with van der Waals surface area (Å²) in [5, 5.41) is 11.1. The summed E-state index contributed by atoms with van der Waals surface area (Å²) in [6, 6.07) is 6.83. The number of aromatic nitrogens is 2. The van der Waals surface area contributed by atoms with E-state index in [-0.39, 0.29) is 24.1 Å². The second-order valence-electron chi connectivity index (χ2n) is 10.5. The molecule has 6 atom stereocenters. The Kier molecular flexibility index (Phi) is 6.36. The molecule has 1 amide bonds. The third-order valence-corrected chi connectivity index (χ3v) is 7.84. The first kappa shape index (κ1) is 23.4. The van der Waals surface area contributed by atoms with Gasteiger partial charge in [-0.2, -0.15) is 0 Å². The number of hydrogen-bond acceptors (Lipinski definition) is 10. The van der Waals surface area contributed by atoms with Gasteiger partial charge < -0.3 is 20.7 Å². The van der Waals surface area contributed by atoms with Gasteiger partial charge in [-0.1, -0.05) is 0 Å². The number of hydrogen-bond donors (Lipinski definition) is 5. The van der Waals surface area contributed by atoms with Crippen LogP contribution < -0.4 is 26.8 Å². The lowest BCUT2D eigenvalue weighted by Crippen LogP contribution is -2.52. The molecule has 6 heterocycles. The number of anilines is 2. The number of nitrogens with zero attached hydrogens (tertiary/aromatic N) is 3. The van der Waals surface area contributed by atoms with Crippen LogP contribution in [0.3, 0.4) is 0 Å². The van der Waals surface area contributed by atoms with Gasteiger partial charge in [-0.25, -0.2) is 15.2 Å². The van der Waals surface area contributed by atoms with Crippen molar-refractivity contribution in [2.45, 2.75) is 81.8 Å². The summed E-state index contributed by atoms with van der Waals surface area (Å²) in [5.41, 5.74) is 7.40. The van der Waals surface area contributed by atoms with Gasteiger partial charge in [0.25, 0.3) is 0 Å². The molecule has 4 fully saturated rings. The van der Waals surface area contributed by atoms with Gasteiger partial charge >= 0.3 is 5.97 Å². The van der Waals surface area contributed by atoms with Gasteiger partial charge in [0.05, 0.1) is 24.8 Å². The second kappa shape index (κ2) is 9.79. The van der Waals surface area contributed by atoms with Crippen molar-refractivity contribution < 1.29 is 14.3 Å². The van der Waals surface area contributed by atoms with E-state index < -0.39 is 6.04 Å². The molecule has 0 saturated carbocycles. The largest absolute Gasteiger partial charge is 0.464 e. The Labute approximate surface area is 210 Å². The molecule has 4 aliphatic rings. The predicted molar refractivity (Wildman–Crippen MR) is 135 cm³/mol. The molecule has 5 N–H and O–H groups in total. The van der Waals surface area contributed by atoms with Crippen molar-refractivity contribution in [3.63, 3.8) is 0 Å². The molecular weight excluding hydrogens is 460 g/mol. The molecule has 3 unspecified atom stereocenters. The molecule has 0 spiro atoms. The number of carbonyl (C=O) groups is 2. The van der Waals surface area contributed by atoms with Crippen LogP contribution in [0.15, 0.2) is 24.4 Å². The van der Waals surface area contributed by atoms with E-state index in [2.05, 4.69) is 49.7 Å². The SMILES string of the molecule is CC1CC(Nc2cc3ncccc3c(NC3C[C@H]4CC[C@@H](C3)N4CC(=O)N[C@@H]3CCOC3=O)n2)NN1. The quantitative estimate of drug-likeness (QED) is 0.356. The summed E-state index contributed by atoms with van der Waals surface area (Å²) in [7, 11) is 0. The van der Waals surface area contributed by atoms with Gasteiger partial charge in [-0.3, -0.25) is 20.1 Å². The first-order valence-corrected chi connectivity index (χ1v) is 13.0. The fraction of sp³-hybridized carbons (Fsp3) is 0.600. The van der Waals surface area contributed by atoms with Crippen molar-refractivity contribution in [1.29, 1.82) is 0 Å². The van der Waals surface area contributed by atoms with Crippen LogP contribution in [0, 0.1) is 0 Å². The molecule has 2 aromatic heterocycles. The number of rotatable bonds is 7. The Balaban J connectivity index is 1.12. The van der Waals surface area contributed by atoms with E-state index in [1.165, 1.54) is 0 Å². The van der Waals surface area contributed by atoms with Crippen LogP contribution in [0.25, 0.3) is 10.9 Å². The minimum absolute atomic E-state index is 0.0935. The highest BCUT2D eigenvalue weighted by Crippen LogP contribution is 2.37. The van der Waals surface area contributed by atoms with Crippen LogP contribution >= 0.6 is 0 Å². The van der Waals surface area contributed by atoms with Crippen molar-refractivity contribution in [2.75, 3.05) is 23.8 Å². The van der Waals surface area contributed by atoms with Gasteiger partial charge in [-0.15, -0.1) is 0 Å². The van der Waals surface area contributed by atoms with Gasteiger partial charge in [-0.05, 0) is 51.2 Å². The molecule has 192 valence electrons. The van der Waals surface area contributed by atoms with Crippen LogP contribution in [0.1, 0.15) is 45.4 Å². The fourth-order valence-electron chi connectivity index (χ4n) is 6.12. The van der Waals surface area contributed by atoms with Crippen molar-refractivity contribution in [3.8, 4) is 0 Å². The van der Waals surface area contributed by atoms with Crippen molar-refractivity contribution in [3.05, 3.63) is 24.4 Å². The van der Waals surface area contributed by atoms with E-state index in [0.717, 1.165) is 54.6 Å². The van der Waals surface area contributed by atoms with Crippen LogP contribution in [-0.2, 0) is 14.3 Å². The van der Waals surface area contributed by atoms with Crippen LogP contribution in [-0.4, -0.2) is 76.3 Å². The molecule has 36 heavy (non-hydrogen) atoms. The molecule has 2 aromatic rings. The standard InChI is InChI=1S/C25H34N8O3/c1-14-9-22(32-31-14)29-21-12-20-18(3-2-7-26-20)24(30-21)27-15-10-16-4-5-17(11-15)33(16)13-23(34)28-19-6-8-36-25(19)35/h2-3,7,12,14-17,19,22,31-32H,4-6,8-11,13H2,1H3,(H,28,34)(H2,27,29,30)/t14?,15?,16-,17+,19-,22?/m1/s1. The topological polar surface area (TPSA) is 133 Å². The summed E-state index contributed by atoms with van der Waals surface area (Å²) in [4.78, 5) is 36.2. The van der Waals surface area contributed by atoms with E-state index >= 15 is 0 Å². The van der Waals surface area contributed by atoms with E-state index in [4.69, 9.17) is 9.72 Å². The van der Waals surface area contributed by atoms with Crippen LogP contribution in [0.2, 0.25) is 0 Å². The molecule has 0 aromatic carbocycles. The molecular formula is C25H34N8O3. The first-order chi connectivity index (χ1) is 17.5. The number of piperidine rings is 1. The van der Waals surface area contributed by atoms with E-state index in [1.807, 2.05) is 18.3 Å². The maximum Gasteiger partial charge on any atom is 0.328 e. The molecule has 11 nitrogen and oxygen atoms in total. The van der Waals surface area contributed by atoms with Gasteiger partial charge in [0, 0.05) is 48.2 Å². The Hall–Kier alpha value is -3.02. The maximum absolute atomic E-state index is 12.6. The van der Waals surface area contributed by atoms with Gasteiger partial charge in [0.15, 0.2) is 0 Å². The first-order valence-electron chi connectivity index (χ1n) is 13.0. The Bertz CT molecular complexity index is 1130. The number of nitrogens with one attached hydrogen (secondary N) is 5. The molecule has 0 aliphatic carbocycles. The zero-order valence-corrected chi connectivity index (χ0v) is 20.5. The highest BCUT2D eigenvalue weighted by Gasteiger charge is 2.42. The summed E-state index contributed by atoms with van der Waals surface area (Å²) >= 11 is 0. The number of carbonyl (C=O) groups excluding carboxylic acids is 2. The Morgan fingerprint density at radius 3 is 2.72 bits per heavy atom. The normalized spacial score (nSPS) is 32.0. The third-order valence-electron chi connectivity index (χ3n) is 7.84. The maximum atomic E-state index is 12.6. The number of fused-ring (bicyclic) bond motifs is 3. The summed E-state index contributed by atoms with van der Waals surface area (Å²) in [6.07, 6.45) is 7.49. The summed E-state index contributed by atoms with van der Waals surface area (Å²) in [6.45, 7) is 2.86. The average Bonchev–Trinajstić information content (AvgIpc) is 3.51. The number of pyridine rings is 2. The van der Waals surface area contributed by atoms with E-state index in [0.29, 0.717) is 37.7 Å². The number of hydrazine groups is 1. The monoisotopic (exact) mass is 494 g/mol. The number of esters is 1. The lowest BCUT2D eigenvalue weighted by Gasteiger charge is -2.39. The Morgan fingerprint density at radius 2 is 2.00 bits per heavy atom. The molecule has 2 bridgehead atoms. The molecule has 4 aliphatic heterocycles. The average molecular weight is 495 g/mol. The summed E-state index contributed by atoms with van der Waals surface area (Å²) in [5.74, 6) is 1.22. The predicted octanol–water partition coefficient (Wildman–Crippen LogP) is 1.09. The number of cyclic esters (lactones) is 1. The third kappa shape index (κ3) is 4.82. The smallest absolute Gasteiger partial charge is 0.328 e. The summed E-state index contributed by atoms with van der Waals surface area (Å²) < 4.78 is 4.97. The zero-order valence-electron chi connectivity index (χ0n) is 20.5. The number of amides is 1. The zero-order chi connectivity index (χ0) is 24.6. The lowest BCUT2D eigenvalue weighted by atomic mass is 9.97. The van der Waals surface area contributed by atoms with Crippen LogP contribution in [0.4, 0.5) is 11.6 Å². The van der Waals surface area contributed by atoms with Gasteiger partial charge in [0.1, 0.15) is 17.7 Å². The van der Waals surface area contributed by atoms with Crippen molar-refractivity contribution >= 4 is 34.4 Å². The highest BCUT2D eigenvalue weighted by molar-refractivity contribution is 5.91. The van der Waals surface area contributed by atoms with E-state index in [1.54, 1.807) is 0 Å². The fourth-order valence-corrected chi connectivity index (χ4v) is 6.12. The van der Waals surface area contributed by atoms with Crippen LogP contribution in [0.5, 0.6) is 0 Å². The number of ether oxygens (including phenoxy) is 1.